The normalized spacial score (nSPS) is 18.3. The lowest BCUT2D eigenvalue weighted by molar-refractivity contribution is -0.147. The maximum Gasteiger partial charge on any atom is 0.338 e. The number of urea groups is 1. The highest BCUT2D eigenvalue weighted by atomic mass is 32.2. The molecule has 176 valence electrons. The second kappa shape index (κ2) is 10.5. The van der Waals surface area contributed by atoms with Crippen LogP contribution in [0.5, 0.6) is 0 Å². The van der Waals surface area contributed by atoms with Crippen molar-refractivity contribution in [3.63, 3.8) is 0 Å². The highest BCUT2D eigenvalue weighted by molar-refractivity contribution is 7.89. The van der Waals surface area contributed by atoms with E-state index in [0.717, 1.165) is 31.2 Å². The van der Waals surface area contributed by atoms with Crippen molar-refractivity contribution in [1.29, 1.82) is 0 Å². The summed E-state index contributed by atoms with van der Waals surface area (Å²) in [5.41, 5.74) is -0.0153. The molecule has 0 aromatic heterocycles. The van der Waals surface area contributed by atoms with Gasteiger partial charge in [-0.25, -0.2) is 22.4 Å². The van der Waals surface area contributed by atoms with Crippen LogP contribution in [0.15, 0.2) is 40.4 Å². The van der Waals surface area contributed by atoms with E-state index in [2.05, 4.69) is 10.6 Å². The number of ether oxygens (including phenoxy) is 2. The van der Waals surface area contributed by atoms with Gasteiger partial charge in [0.1, 0.15) is 18.5 Å². The molecule has 1 aliphatic heterocycles. The minimum Gasteiger partial charge on any atom is -0.463 e. The summed E-state index contributed by atoms with van der Waals surface area (Å²) in [6.07, 6.45) is -1.50. The minimum absolute atomic E-state index is 0.0275. The molecule has 0 spiro atoms. The van der Waals surface area contributed by atoms with Crippen molar-refractivity contribution < 1.29 is 41.8 Å². The molecule has 0 saturated carbocycles. The Hall–Kier alpha value is -3.03. The molecule has 4 N–H and O–H groups in total. The molecule has 3 atom stereocenters. The lowest BCUT2D eigenvalue weighted by Crippen LogP contribution is -2.51. The molecule has 2 amide bonds. The van der Waals surface area contributed by atoms with E-state index in [1.165, 1.54) is 6.92 Å². The van der Waals surface area contributed by atoms with Crippen molar-refractivity contribution in [1.82, 2.24) is 15.4 Å². The van der Waals surface area contributed by atoms with Gasteiger partial charge in [0.15, 0.2) is 0 Å². The van der Waals surface area contributed by atoms with Crippen molar-refractivity contribution in [2.24, 2.45) is 0 Å². The summed E-state index contributed by atoms with van der Waals surface area (Å²) < 4.78 is 50.0. The Morgan fingerprint density at radius 1 is 1.25 bits per heavy atom. The number of aliphatic hydroxyl groups is 1. The average Bonchev–Trinajstić information content (AvgIpc) is 2.70. The molecular weight excluding hydrogens is 449 g/mol. The lowest BCUT2D eigenvalue weighted by Gasteiger charge is -2.27. The summed E-state index contributed by atoms with van der Waals surface area (Å²) in [7, 11) is -4.30. The smallest absolute Gasteiger partial charge is 0.338 e. The number of benzene rings is 1. The van der Waals surface area contributed by atoms with Gasteiger partial charge < -0.3 is 25.2 Å². The fourth-order valence-corrected chi connectivity index (χ4v) is 4.08. The lowest BCUT2D eigenvalue weighted by atomic mass is 10.0. The first-order valence-corrected chi connectivity index (χ1v) is 11.0. The number of hydrogen-bond acceptors (Lipinski definition) is 8. The monoisotopic (exact) mass is 473 g/mol. The highest BCUT2D eigenvalue weighted by Gasteiger charge is 2.33. The first-order valence-electron chi connectivity index (χ1n) is 9.56. The van der Waals surface area contributed by atoms with Crippen molar-refractivity contribution in [3.8, 4) is 0 Å². The Bertz CT molecular complexity index is 1010. The number of aliphatic hydroxyl groups excluding tert-OH is 1. The molecule has 11 nitrogen and oxygen atoms in total. The van der Waals surface area contributed by atoms with Crippen LogP contribution in [0.4, 0.5) is 9.18 Å². The first kappa shape index (κ1) is 25.2. The maximum atomic E-state index is 13.1. The number of nitrogens with one attached hydrogen (secondary N) is 3. The van der Waals surface area contributed by atoms with Crippen LogP contribution in [-0.2, 0) is 29.1 Å². The molecule has 13 heteroatoms. The van der Waals surface area contributed by atoms with Gasteiger partial charge >= 0.3 is 18.0 Å². The fourth-order valence-electron chi connectivity index (χ4n) is 2.82. The maximum absolute atomic E-state index is 13.1. The van der Waals surface area contributed by atoms with Gasteiger partial charge in [-0.3, -0.25) is 4.79 Å². The Morgan fingerprint density at radius 2 is 1.88 bits per heavy atom. The summed E-state index contributed by atoms with van der Waals surface area (Å²) in [6.45, 7) is 3.77. The van der Waals surface area contributed by atoms with Gasteiger partial charge in [-0.05, 0) is 45.0 Å². The van der Waals surface area contributed by atoms with Gasteiger partial charge in [-0.15, -0.1) is 0 Å². The molecule has 0 unspecified atom stereocenters. The number of carbonyl (C=O) groups excluding carboxylic acids is 3. The summed E-state index contributed by atoms with van der Waals surface area (Å²) in [6, 6.07) is 0.742. The molecule has 0 aliphatic carbocycles. The van der Waals surface area contributed by atoms with E-state index in [0.29, 0.717) is 0 Å². The van der Waals surface area contributed by atoms with E-state index in [1.54, 1.807) is 6.92 Å². The average molecular weight is 473 g/mol. The minimum atomic E-state index is -4.30. The summed E-state index contributed by atoms with van der Waals surface area (Å²) in [5.74, 6) is -2.55. The molecule has 0 fully saturated rings. The van der Waals surface area contributed by atoms with Crippen molar-refractivity contribution in [2.75, 3.05) is 13.2 Å². The van der Waals surface area contributed by atoms with Crippen LogP contribution in [0.25, 0.3) is 0 Å². The third kappa shape index (κ3) is 6.24. The standard InChI is InChI=1S/C19H24FN3O8S/c1-4-30-17(25)15-10(2)21-19(27)22-14(15)9-31-18(26)16(11(3)24)23-32(28,29)13-7-5-12(20)6-8-13/h5-8,10-11,16,23-24H,4,9H2,1-3H3,(H2,21,22,27)/t10-,11-,16+/m0/s1. The number of halogens is 1. The Morgan fingerprint density at radius 3 is 2.44 bits per heavy atom. The quantitative estimate of drug-likeness (QED) is 0.362. The van der Waals surface area contributed by atoms with Crippen LogP contribution in [0, 0.1) is 5.82 Å². The fraction of sp³-hybridized carbons (Fsp3) is 0.421. The number of sulfonamides is 1. The largest absolute Gasteiger partial charge is 0.463 e. The summed E-state index contributed by atoms with van der Waals surface area (Å²) in [4.78, 5) is 36.2. The van der Waals surface area contributed by atoms with Crippen molar-refractivity contribution >= 4 is 28.0 Å². The van der Waals surface area contributed by atoms with Crippen LogP contribution in [0.2, 0.25) is 0 Å². The van der Waals surface area contributed by atoms with E-state index in [-0.39, 0.29) is 22.8 Å². The number of hydrogen-bond donors (Lipinski definition) is 4. The van der Waals surface area contributed by atoms with Gasteiger partial charge in [-0.1, -0.05) is 0 Å². The van der Waals surface area contributed by atoms with Gasteiger partial charge in [0.2, 0.25) is 10.0 Å². The number of esters is 2. The van der Waals surface area contributed by atoms with Gasteiger partial charge in [0, 0.05) is 0 Å². The predicted octanol–water partition coefficient (Wildman–Crippen LogP) is -0.0849. The molecular formula is C19H24FN3O8S. The van der Waals surface area contributed by atoms with E-state index < -0.39 is 58.6 Å². The van der Waals surface area contributed by atoms with E-state index in [9.17, 15) is 32.3 Å². The van der Waals surface area contributed by atoms with Crippen molar-refractivity contribution in [3.05, 3.63) is 41.4 Å². The highest BCUT2D eigenvalue weighted by Crippen LogP contribution is 2.16. The molecule has 2 rings (SSSR count). The third-order valence-corrected chi connectivity index (χ3v) is 5.82. The van der Waals surface area contributed by atoms with E-state index in [4.69, 9.17) is 9.47 Å². The zero-order chi connectivity index (χ0) is 24.1. The summed E-state index contributed by atoms with van der Waals surface area (Å²) >= 11 is 0. The topological polar surface area (TPSA) is 160 Å². The molecule has 0 radical (unpaired) electrons. The van der Waals surface area contributed by atoms with Gasteiger partial charge in [-0.2, -0.15) is 4.72 Å². The Balaban J connectivity index is 2.20. The molecule has 0 saturated heterocycles. The predicted molar refractivity (Wildman–Crippen MR) is 108 cm³/mol. The molecule has 1 heterocycles. The van der Waals surface area contributed by atoms with E-state index >= 15 is 0 Å². The second-order valence-electron chi connectivity index (χ2n) is 6.83. The van der Waals surface area contributed by atoms with Gasteiger partial charge in [0.25, 0.3) is 0 Å². The Kier molecular flexibility index (Phi) is 8.30. The second-order valence-corrected chi connectivity index (χ2v) is 8.55. The number of amides is 2. The van der Waals surface area contributed by atoms with Crippen LogP contribution in [-0.4, -0.2) is 62.9 Å². The summed E-state index contributed by atoms with van der Waals surface area (Å²) in [5, 5.41) is 14.7. The Labute approximate surface area is 184 Å². The molecule has 0 bridgehead atoms. The van der Waals surface area contributed by atoms with Crippen molar-refractivity contribution in [2.45, 2.75) is 43.9 Å². The van der Waals surface area contributed by atoms with Gasteiger partial charge in [0.05, 0.1) is 34.9 Å². The SMILES string of the molecule is CCOC(=O)C1=C(COC(=O)[C@H](NS(=O)(=O)c2ccc(F)cc2)[C@H](C)O)NC(=O)N[C@H]1C. The first-order chi connectivity index (χ1) is 15.0. The van der Waals surface area contributed by atoms with Crippen LogP contribution in [0.3, 0.4) is 0 Å². The van der Waals surface area contributed by atoms with Crippen LogP contribution in [0.1, 0.15) is 20.8 Å². The molecule has 1 aromatic carbocycles. The molecule has 1 aliphatic rings. The third-order valence-electron chi connectivity index (χ3n) is 4.37. The van der Waals surface area contributed by atoms with Crippen LogP contribution < -0.4 is 15.4 Å². The molecule has 1 aromatic rings. The number of rotatable bonds is 9. The zero-order valence-electron chi connectivity index (χ0n) is 17.5. The molecule has 32 heavy (non-hydrogen) atoms. The van der Waals surface area contributed by atoms with E-state index in [1.807, 2.05) is 4.72 Å². The van der Waals surface area contributed by atoms with Crippen LogP contribution >= 0.6 is 0 Å². The zero-order valence-corrected chi connectivity index (χ0v) is 18.4. The number of carbonyl (C=O) groups is 3.